The SMILES string of the molecule is COc1cc(NCc2ccc(CN)cc2)ncn1. The van der Waals surface area contributed by atoms with Crippen LogP contribution >= 0.6 is 0 Å². The van der Waals surface area contributed by atoms with Crippen molar-refractivity contribution >= 4 is 5.82 Å². The molecule has 0 aliphatic heterocycles. The fourth-order valence-electron chi connectivity index (χ4n) is 1.53. The van der Waals surface area contributed by atoms with Crippen molar-refractivity contribution in [2.45, 2.75) is 13.1 Å². The summed E-state index contributed by atoms with van der Waals surface area (Å²) in [5, 5.41) is 3.21. The van der Waals surface area contributed by atoms with Gasteiger partial charge in [0.1, 0.15) is 12.1 Å². The summed E-state index contributed by atoms with van der Waals surface area (Å²) in [6, 6.07) is 9.91. The van der Waals surface area contributed by atoms with E-state index in [9.17, 15) is 0 Å². The van der Waals surface area contributed by atoms with Crippen LogP contribution in [-0.4, -0.2) is 17.1 Å². The van der Waals surface area contributed by atoms with Crippen LogP contribution in [0.2, 0.25) is 0 Å². The lowest BCUT2D eigenvalue weighted by molar-refractivity contribution is 0.397. The monoisotopic (exact) mass is 244 g/mol. The van der Waals surface area contributed by atoms with Gasteiger partial charge in [-0.15, -0.1) is 0 Å². The van der Waals surface area contributed by atoms with Crippen LogP contribution in [0.4, 0.5) is 5.82 Å². The van der Waals surface area contributed by atoms with E-state index in [1.54, 1.807) is 13.2 Å². The molecule has 0 aliphatic carbocycles. The number of ether oxygens (including phenoxy) is 1. The van der Waals surface area contributed by atoms with E-state index in [2.05, 4.69) is 15.3 Å². The number of benzene rings is 1. The molecule has 3 N–H and O–H groups in total. The van der Waals surface area contributed by atoms with Gasteiger partial charge in [0.25, 0.3) is 0 Å². The van der Waals surface area contributed by atoms with Crippen molar-refractivity contribution < 1.29 is 4.74 Å². The van der Waals surface area contributed by atoms with Crippen molar-refractivity contribution in [2.75, 3.05) is 12.4 Å². The third-order valence-corrected chi connectivity index (χ3v) is 2.58. The molecular formula is C13H16N4O. The van der Waals surface area contributed by atoms with E-state index >= 15 is 0 Å². The van der Waals surface area contributed by atoms with Gasteiger partial charge in [0.05, 0.1) is 7.11 Å². The maximum Gasteiger partial charge on any atom is 0.218 e. The van der Waals surface area contributed by atoms with E-state index in [0.29, 0.717) is 19.0 Å². The van der Waals surface area contributed by atoms with Gasteiger partial charge in [-0.3, -0.25) is 0 Å². The van der Waals surface area contributed by atoms with Crippen LogP contribution in [-0.2, 0) is 13.1 Å². The maximum absolute atomic E-state index is 5.55. The lowest BCUT2D eigenvalue weighted by Crippen LogP contribution is -2.03. The minimum atomic E-state index is 0.547. The Hall–Kier alpha value is -2.14. The molecule has 0 aliphatic rings. The van der Waals surface area contributed by atoms with Crippen LogP contribution in [0, 0.1) is 0 Å². The Labute approximate surface area is 106 Å². The van der Waals surface area contributed by atoms with E-state index in [1.807, 2.05) is 24.3 Å². The van der Waals surface area contributed by atoms with Crippen LogP contribution in [0.3, 0.4) is 0 Å². The number of nitrogens with two attached hydrogens (primary N) is 1. The molecule has 0 saturated heterocycles. The van der Waals surface area contributed by atoms with Crippen molar-refractivity contribution in [1.82, 2.24) is 9.97 Å². The van der Waals surface area contributed by atoms with Crippen LogP contribution in [0.1, 0.15) is 11.1 Å². The molecule has 1 aromatic heterocycles. The minimum absolute atomic E-state index is 0.547. The van der Waals surface area contributed by atoms with Crippen molar-refractivity contribution in [3.8, 4) is 5.88 Å². The van der Waals surface area contributed by atoms with Crippen LogP contribution < -0.4 is 15.8 Å². The Morgan fingerprint density at radius 3 is 2.56 bits per heavy atom. The molecule has 94 valence electrons. The largest absolute Gasteiger partial charge is 0.481 e. The molecule has 1 aromatic carbocycles. The second kappa shape index (κ2) is 5.97. The van der Waals surface area contributed by atoms with Crippen LogP contribution in [0.25, 0.3) is 0 Å². The highest BCUT2D eigenvalue weighted by Crippen LogP contribution is 2.12. The molecule has 0 fully saturated rings. The van der Waals surface area contributed by atoms with Gasteiger partial charge in [0.2, 0.25) is 5.88 Å². The third kappa shape index (κ3) is 3.18. The molecule has 0 unspecified atom stereocenters. The van der Waals surface area contributed by atoms with E-state index in [4.69, 9.17) is 10.5 Å². The summed E-state index contributed by atoms with van der Waals surface area (Å²) in [6.45, 7) is 1.27. The molecule has 2 aromatic rings. The first-order valence-electron chi connectivity index (χ1n) is 5.69. The molecule has 0 atom stereocenters. The molecule has 0 saturated carbocycles. The zero-order valence-electron chi connectivity index (χ0n) is 10.3. The Morgan fingerprint density at radius 2 is 1.89 bits per heavy atom. The Balaban J connectivity index is 1.97. The molecular weight excluding hydrogens is 228 g/mol. The van der Waals surface area contributed by atoms with E-state index in [1.165, 1.54) is 11.9 Å². The fraction of sp³-hybridized carbons (Fsp3) is 0.231. The summed E-state index contributed by atoms with van der Waals surface area (Å²) in [6.07, 6.45) is 1.47. The molecule has 1 heterocycles. The molecule has 0 radical (unpaired) electrons. The summed E-state index contributed by atoms with van der Waals surface area (Å²) in [5.74, 6) is 1.29. The number of aromatic nitrogens is 2. The van der Waals surface area contributed by atoms with Crippen LogP contribution in [0.15, 0.2) is 36.7 Å². The predicted octanol–water partition coefficient (Wildman–Crippen LogP) is 1.56. The minimum Gasteiger partial charge on any atom is -0.481 e. The fourth-order valence-corrected chi connectivity index (χ4v) is 1.53. The molecule has 5 nitrogen and oxygen atoms in total. The number of nitrogens with one attached hydrogen (secondary N) is 1. The van der Waals surface area contributed by atoms with E-state index in [0.717, 1.165) is 11.4 Å². The quantitative estimate of drug-likeness (QED) is 0.835. The van der Waals surface area contributed by atoms with E-state index in [-0.39, 0.29) is 0 Å². The normalized spacial score (nSPS) is 10.1. The summed E-state index contributed by atoms with van der Waals surface area (Å²) >= 11 is 0. The van der Waals surface area contributed by atoms with Crippen molar-refractivity contribution in [3.63, 3.8) is 0 Å². The van der Waals surface area contributed by atoms with E-state index < -0.39 is 0 Å². The highest BCUT2D eigenvalue weighted by molar-refractivity contribution is 5.38. The average Bonchev–Trinajstić information content (AvgIpc) is 2.46. The predicted molar refractivity (Wildman–Crippen MR) is 70.2 cm³/mol. The molecule has 18 heavy (non-hydrogen) atoms. The van der Waals surface area contributed by atoms with Crippen molar-refractivity contribution in [3.05, 3.63) is 47.8 Å². The van der Waals surface area contributed by atoms with Crippen LogP contribution in [0.5, 0.6) is 5.88 Å². The first kappa shape index (κ1) is 12.3. The Bertz CT molecular complexity index is 499. The standard InChI is InChI=1S/C13H16N4O/c1-18-13-6-12(16-9-17-13)15-8-11-4-2-10(7-14)3-5-11/h2-6,9H,7-8,14H2,1H3,(H,15,16,17). The number of hydrogen-bond acceptors (Lipinski definition) is 5. The Morgan fingerprint density at radius 1 is 1.17 bits per heavy atom. The first-order valence-corrected chi connectivity index (χ1v) is 5.69. The summed E-state index contributed by atoms with van der Waals surface area (Å²) in [5.41, 5.74) is 7.85. The smallest absolute Gasteiger partial charge is 0.218 e. The summed E-state index contributed by atoms with van der Waals surface area (Å²) in [4.78, 5) is 8.06. The molecule has 5 heteroatoms. The zero-order chi connectivity index (χ0) is 12.8. The van der Waals surface area contributed by atoms with Crippen molar-refractivity contribution in [1.29, 1.82) is 0 Å². The van der Waals surface area contributed by atoms with Gasteiger partial charge in [-0.1, -0.05) is 24.3 Å². The summed E-state index contributed by atoms with van der Waals surface area (Å²) in [7, 11) is 1.58. The summed E-state index contributed by atoms with van der Waals surface area (Å²) < 4.78 is 5.03. The van der Waals surface area contributed by atoms with Gasteiger partial charge in [0.15, 0.2) is 0 Å². The molecule has 0 bridgehead atoms. The number of rotatable bonds is 5. The number of methoxy groups -OCH3 is 1. The highest BCUT2D eigenvalue weighted by atomic mass is 16.5. The van der Waals surface area contributed by atoms with Gasteiger partial charge in [-0.25, -0.2) is 9.97 Å². The topological polar surface area (TPSA) is 73.1 Å². The lowest BCUT2D eigenvalue weighted by Gasteiger charge is -2.07. The molecule has 2 rings (SSSR count). The second-order valence-electron chi connectivity index (χ2n) is 3.82. The number of anilines is 1. The zero-order valence-corrected chi connectivity index (χ0v) is 10.3. The molecule has 0 amide bonds. The number of hydrogen-bond donors (Lipinski definition) is 2. The third-order valence-electron chi connectivity index (χ3n) is 2.58. The Kier molecular flexibility index (Phi) is 4.09. The lowest BCUT2D eigenvalue weighted by atomic mass is 10.1. The molecule has 0 spiro atoms. The van der Waals surface area contributed by atoms with Crippen molar-refractivity contribution in [2.24, 2.45) is 5.73 Å². The number of nitrogens with zero attached hydrogens (tertiary/aromatic N) is 2. The van der Waals surface area contributed by atoms with Gasteiger partial charge < -0.3 is 15.8 Å². The average molecular weight is 244 g/mol. The second-order valence-corrected chi connectivity index (χ2v) is 3.82. The van der Waals surface area contributed by atoms with Gasteiger partial charge in [0, 0.05) is 19.2 Å². The first-order chi connectivity index (χ1) is 8.81. The van der Waals surface area contributed by atoms with Gasteiger partial charge in [-0.2, -0.15) is 0 Å². The highest BCUT2D eigenvalue weighted by Gasteiger charge is 1.98. The van der Waals surface area contributed by atoms with Gasteiger partial charge in [-0.05, 0) is 11.1 Å². The van der Waals surface area contributed by atoms with Gasteiger partial charge >= 0.3 is 0 Å². The maximum atomic E-state index is 5.55.